The van der Waals surface area contributed by atoms with Gasteiger partial charge in [0.2, 0.25) is 0 Å². The van der Waals surface area contributed by atoms with Gasteiger partial charge in [-0.3, -0.25) is 23.9 Å². The van der Waals surface area contributed by atoms with Crippen LogP contribution in [0.3, 0.4) is 0 Å². The third-order valence-electron chi connectivity index (χ3n) is 6.71. The molecule has 2 saturated heterocycles. The van der Waals surface area contributed by atoms with Gasteiger partial charge in [-0.05, 0) is 51.7 Å². The third kappa shape index (κ3) is 5.68. The van der Waals surface area contributed by atoms with E-state index in [1.807, 2.05) is 6.92 Å². The first-order valence-corrected chi connectivity index (χ1v) is 13.9. The highest BCUT2D eigenvalue weighted by molar-refractivity contribution is 8.26. The van der Waals surface area contributed by atoms with Crippen molar-refractivity contribution < 1.29 is 14.3 Å². The van der Waals surface area contributed by atoms with Gasteiger partial charge in [-0.15, -0.1) is 0 Å². The second kappa shape index (κ2) is 12.5. The lowest BCUT2D eigenvalue weighted by atomic mass is 9.95. The number of aromatic nitrogens is 1. The molecule has 8 nitrogen and oxygen atoms in total. The molecule has 0 N–H and O–H groups in total. The lowest BCUT2D eigenvalue weighted by Crippen LogP contribution is -2.41. The lowest BCUT2D eigenvalue weighted by Gasteiger charge is -2.35. The number of thioether (sulfide) groups is 1. The maximum absolute atomic E-state index is 13.2. The fourth-order valence-corrected chi connectivity index (χ4v) is 6.00. The van der Waals surface area contributed by atoms with E-state index in [-0.39, 0.29) is 28.9 Å². The Kier molecular flexibility index (Phi) is 9.74. The minimum absolute atomic E-state index is 0.0756. The molecule has 2 aliphatic heterocycles. The van der Waals surface area contributed by atoms with E-state index in [2.05, 4.69) is 17.9 Å². The smallest absolute Gasteiger partial charge is 0.309 e. The Morgan fingerprint density at radius 3 is 2.50 bits per heavy atom. The number of carbonyl (C=O) groups is 2. The number of unbranched alkanes of at least 4 members (excludes halogenated alkanes) is 2. The number of nitrogens with zero attached hydrogens (tertiary/aromatic N) is 4. The molecule has 1 aromatic heterocycles. The van der Waals surface area contributed by atoms with E-state index in [1.54, 1.807) is 29.4 Å². The molecule has 10 heteroatoms. The van der Waals surface area contributed by atoms with Crippen molar-refractivity contribution in [2.75, 3.05) is 31.1 Å². The average Bonchev–Trinajstić information content (AvgIpc) is 3.13. The van der Waals surface area contributed by atoms with Crippen molar-refractivity contribution in [3.63, 3.8) is 0 Å². The van der Waals surface area contributed by atoms with Crippen LogP contribution in [-0.2, 0) is 20.9 Å². The molecule has 1 aromatic rings. The number of pyridine rings is 1. The molecule has 0 aromatic carbocycles. The van der Waals surface area contributed by atoms with E-state index in [9.17, 15) is 19.6 Å². The zero-order valence-corrected chi connectivity index (χ0v) is 23.1. The van der Waals surface area contributed by atoms with Crippen molar-refractivity contribution in [2.45, 2.75) is 66.3 Å². The number of nitriles is 1. The zero-order chi connectivity index (χ0) is 26.4. The van der Waals surface area contributed by atoms with Crippen LogP contribution in [0, 0.1) is 24.2 Å². The van der Waals surface area contributed by atoms with Crippen LogP contribution in [0.4, 0.5) is 5.82 Å². The summed E-state index contributed by atoms with van der Waals surface area (Å²) in [5.74, 6) is 0.177. The van der Waals surface area contributed by atoms with Crippen molar-refractivity contribution in [3.05, 3.63) is 31.9 Å². The van der Waals surface area contributed by atoms with Crippen LogP contribution < -0.4 is 10.5 Å². The maximum Gasteiger partial charge on any atom is 0.309 e. The van der Waals surface area contributed by atoms with Gasteiger partial charge in [0.1, 0.15) is 21.8 Å². The summed E-state index contributed by atoms with van der Waals surface area (Å²) in [5.41, 5.74) is 0.957. The van der Waals surface area contributed by atoms with Crippen LogP contribution >= 0.6 is 24.0 Å². The van der Waals surface area contributed by atoms with Gasteiger partial charge in [0.05, 0.1) is 17.4 Å². The van der Waals surface area contributed by atoms with Gasteiger partial charge in [-0.1, -0.05) is 43.7 Å². The number of anilines is 1. The standard InChI is InChI=1S/C26H34N4O4S2/c1-5-8-9-12-30-24(32)21(36-26(30)35)15-19-17(4)20(16-27)23(31)29(6-2)22(19)28-13-10-18(11-14-28)25(33)34-7-3/h15,18H,5-14H2,1-4H3/b21-15+. The molecule has 0 spiro atoms. The highest BCUT2D eigenvalue weighted by Gasteiger charge is 2.34. The molecular weight excluding hydrogens is 496 g/mol. The predicted octanol–water partition coefficient (Wildman–Crippen LogP) is 4.22. The molecule has 0 radical (unpaired) electrons. The summed E-state index contributed by atoms with van der Waals surface area (Å²) in [6.07, 6.45) is 5.95. The minimum atomic E-state index is -0.343. The van der Waals surface area contributed by atoms with Gasteiger partial charge in [0, 0.05) is 31.7 Å². The van der Waals surface area contributed by atoms with Crippen LogP contribution in [0.1, 0.15) is 69.6 Å². The Morgan fingerprint density at radius 2 is 1.92 bits per heavy atom. The number of amides is 1. The van der Waals surface area contributed by atoms with Crippen LogP contribution in [0.5, 0.6) is 0 Å². The molecule has 2 aliphatic rings. The molecule has 3 rings (SSSR count). The van der Waals surface area contributed by atoms with Crippen LogP contribution in [-0.4, -0.2) is 51.9 Å². The second-order valence-electron chi connectivity index (χ2n) is 8.95. The van der Waals surface area contributed by atoms with Gasteiger partial charge in [-0.2, -0.15) is 5.26 Å². The van der Waals surface area contributed by atoms with E-state index in [4.69, 9.17) is 17.0 Å². The molecule has 0 atom stereocenters. The number of hydrogen-bond acceptors (Lipinski definition) is 8. The van der Waals surface area contributed by atoms with Gasteiger partial charge >= 0.3 is 5.97 Å². The Morgan fingerprint density at radius 1 is 1.22 bits per heavy atom. The fraction of sp³-hybridized carbons (Fsp3) is 0.577. The quantitative estimate of drug-likeness (QED) is 0.203. The van der Waals surface area contributed by atoms with Crippen molar-refractivity contribution in [2.24, 2.45) is 5.92 Å². The van der Waals surface area contributed by atoms with E-state index < -0.39 is 0 Å². The topological polar surface area (TPSA) is 95.6 Å². The van der Waals surface area contributed by atoms with E-state index >= 15 is 0 Å². The summed E-state index contributed by atoms with van der Waals surface area (Å²) in [5, 5.41) is 9.76. The molecule has 3 heterocycles. The largest absolute Gasteiger partial charge is 0.466 e. The van der Waals surface area contributed by atoms with Gasteiger partial charge in [-0.25, -0.2) is 0 Å². The van der Waals surface area contributed by atoms with Crippen molar-refractivity contribution in [3.8, 4) is 6.07 Å². The highest BCUT2D eigenvalue weighted by Crippen LogP contribution is 2.37. The summed E-state index contributed by atoms with van der Waals surface area (Å²) in [6, 6.07) is 2.06. The van der Waals surface area contributed by atoms with Crippen LogP contribution in [0.15, 0.2) is 9.70 Å². The van der Waals surface area contributed by atoms with E-state index in [0.717, 1.165) is 19.3 Å². The van der Waals surface area contributed by atoms with Crippen LogP contribution in [0.2, 0.25) is 0 Å². The van der Waals surface area contributed by atoms with Crippen molar-refractivity contribution in [1.82, 2.24) is 9.47 Å². The maximum atomic E-state index is 13.2. The SMILES string of the molecule is CCCCCN1C(=O)/C(=C\c2c(C)c(C#N)c(=O)n(CC)c2N2CCC(C(=O)OCC)CC2)SC1=S. The van der Waals surface area contributed by atoms with E-state index in [1.165, 1.54) is 11.8 Å². The number of ether oxygens (including phenoxy) is 1. The summed E-state index contributed by atoms with van der Waals surface area (Å²) < 4.78 is 7.33. The minimum Gasteiger partial charge on any atom is -0.466 e. The Labute approximate surface area is 222 Å². The molecular formula is C26H34N4O4S2. The summed E-state index contributed by atoms with van der Waals surface area (Å²) in [7, 11) is 0. The van der Waals surface area contributed by atoms with Gasteiger partial charge in [0.15, 0.2) is 0 Å². The highest BCUT2D eigenvalue weighted by atomic mass is 32.2. The number of hydrogen-bond donors (Lipinski definition) is 0. The molecule has 0 aliphatic carbocycles. The summed E-state index contributed by atoms with van der Waals surface area (Å²) in [6.45, 7) is 9.96. The lowest BCUT2D eigenvalue weighted by molar-refractivity contribution is -0.148. The second-order valence-corrected chi connectivity index (χ2v) is 10.6. The molecule has 36 heavy (non-hydrogen) atoms. The monoisotopic (exact) mass is 530 g/mol. The normalized spacial score (nSPS) is 17.7. The molecule has 0 unspecified atom stereocenters. The third-order valence-corrected chi connectivity index (χ3v) is 8.09. The molecule has 194 valence electrons. The number of esters is 1. The first kappa shape index (κ1) is 27.9. The first-order valence-electron chi connectivity index (χ1n) is 12.6. The molecule has 0 bridgehead atoms. The predicted molar refractivity (Wildman–Crippen MR) is 147 cm³/mol. The molecule has 1 amide bonds. The summed E-state index contributed by atoms with van der Waals surface area (Å²) >= 11 is 6.75. The van der Waals surface area contributed by atoms with Gasteiger partial charge < -0.3 is 9.64 Å². The number of rotatable bonds is 9. The first-order chi connectivity index (χ1) is 17.3. The number of piperidine rings is 1. The molecule has 0 saturated carbocycles. The number of carbonyl (C=O) groups excluding carboxylic acids is 2. The zero-order valence-electron chi connectivity index (χ0n) is 21.5. The fourth-order valence-electron chi connectivity index (χ4n) is 4.71. The van der Waals surface area contributed by atoms with Crippen molar-refractivity contribution >= 4 is 52.1 Å². The Balaban J connectivity index is 2.04. The Hall–Kier alpha value is -2.64. The summed E-state index contributed by atoms with van der Waals surface area (Å²) in [4.78, 5) is 42.9. The average molecular weight is 531 g/mol. The van der Waals surface area contributed by atoms with Gasteiger partial charge in [0.25, 0.3) is 11.5 Å². The molecule has 2 fully saturated rings. The van der Waals surface area contributed by atoms with E-state index in [0.29, 0.717) is 71.8 Å². The van der Waals surface area contributed by atoms with Crippen LogP contribution in [0.25, 0.3) is 6.08 Å². The van der Waals surface area contributed by atoms with Crippen molar-refractivity contribution in [1.29, 1.82) is 5.26 Å². The number of thiocarbonyl (C=S) groups is 1. The Bertz CT molecular complexity index is 1160.